The molecule has 1 amide bonds. The lowest BCUT2D eigenvalue weighted by molar-refractivity contribution is -0.121. The Hall–Kier alpha value is -2.33. The lowest BCUT2D eigenvalue weighted by Gasteiger charge is -2.08. The molecule has 1 aromatic heterocycles. The Morgan fingerprint density at radius 1 is 1.21 bits per heavy atom. The van der Waals surface area contributed by atoms with Crippen molar-refractivity contribution in [2.45, 2.75) is 26.3 Å². The molecule has 5 heteroatoms. The van der Waals surface area contributed by atoms with E-state index in [4.69, 9.17) is 11.6 Å². The zero-order chi connectivity index (χ0) is 16.9. The molecule has 0 spiro atoms. The summed E-state index contributed by atoms with van der Waals surface area (Å²) in [5, 5.41) is 9.18. The molecule has 3 rings (SSSR count). The second-order valence-corrected chi connectivity index (χ2v) is 6.23. The highest BCUT2D eigenvalue weighted by atomic mass is 35.5. The number of carbonyl (C=O) groups is 1. The van der Waals surface area contributed by atoms with Crippen LogP contribution in [-0.2, 0) is 17.8 Å². The number of aryl methyl sites for hydroxylation is 2. The fourth-order valence-corrected chi connectivity index (χ4v) is 3.06. The summed E-state index contributed by atoms with van der Waals surface area (Å²) in [7, 11) is 0. The maximum atomic E-state index is 12.0. The number of rotatable bonds is 6. The first-order valence-corrected chi connectivity index (χ1v) is 8.44. The maximum Gasteiger partial charge on any atom is 0.221 e. The Bertz CT molecular complexity index is 857. The van der Waals surface area contributed by atoms with E-state index in [1.54, 1.807) is 0 Å². The van der Waals surface area contributed by atoms with E-state index in [1.165, 1.54) is 5.56 Å². The number of nitrogens with one attached hydrogen (secondary N) is 1. The van der Waals surface area contributed by atoms with Crippen molar-refractivity contribution < 1.29 is 4.79 Å². The van der Waals surface area contributed by atoms with Gasteiger partial charge in [0, 0.05) is 23.4 Å². The highest BCUT2D eigenvalue weighted by molar-refractivity contribution is 6.31. The van der Waals surface area contributed by atoms with E-state index >= 15 is 0 Å². The van der Waals surface area contributed by atoms with Crippen LogP contribution in [0.25, 0.3) is 10.9 Å². The van der Waals surface area contributed by atoms with Crippen LogP contribution in [0.5, 0.6) is 0 Å². The van der Waals surface area contributed by atoms with E-state index in [1.807, 2.05) is 47.3 Å². The first-order chi connectivity index (χ1) is 11.6. The number of para-hydroxylation sites is 1. The fourth-order valence-electron chi connectivity index (χ4n) is 2.83. The number of amides is 1. The van der Waals surface area contributed by atoms with Crippen molar-refractivity contribution in [2.24, 2.45) is 0 Å². The average Bonchev–Trinajstić information content (AvgIpc) is 2.99. The average molecular weight is 342 g/mol. The molecule has 0 unspecified atom stereocenters. The van der Waals surface area contributed by atoms with Crippen LogP contribution in [-0.4, -0.2) is 22.2 Å². The first kappa shape index (κ1) is 16.5. The zero-order valence-electron chi connectivity index (χ0n) is 13.6. The molecule has 2 aromatic carbocycles. The van der Waals surface area contributed by atoms with Crippen LogP contribution >= 0.6 is 11.6 Å². The van der Waals surface area contributed by atoms with E-state index in [0.29, 0.717) is 19.5 Å². The van der Waals surface area contributed by atoms with Gasteiger partial charge >= 0.3 is 0 Å². The number of halogens is 1. The minimum atomic E-state index is 0.0271. The fraction of sp³-hybridized carbons (Fsp3) is 0.263. The molecule has 0 saturated heterocycles. The van der Waals surface area contributed by atoms with Gasteiger partial charge in [-0.3, -0.25) is 9.48 Å². The summed E-state index contributed by atoms with van der Waals surface area (Å²) >= 11 is 6.11. The zero-order valence-corrected chi connectivity index (χ0v) is 14.4. The standard InChI is InChI=1S/C19H20ClN3O/c1-14-5-4-7-16-13-22-23(19(14)16)12-10-18(24)21-11-9-15-6-2-3-8-17(15)20/h2-8,13H,9-12H2,1H3,(H,21,24). The molecule has 124 valence electrons. The number of benzene rings is 2. The topological polar surface area (TPSA) is 46.9 Å². The third-order valence-corrected chi connectivity index (χ3v) is 4.46. The monoisotopic (exact) mass is 341 g/mol. The molecule has 3 aromatic rings. The number of hydrogen-bond donors (Lipinski definition) is 1. The quantitative estimate of drug-likeness (QED) is 0.742. The maximum absolute atomic E-state index is 12.0. The van der Waals surface area contributed by atoms with Gasteiger partial charge in [-0.2, -0.15) is 5.10 Å². The molecule has 1 heterocycles. The number of aromatic nitrogens is 2. The predicted molar refractivity (Wildman–Crippen MR) is 97.3 cm³/mol. The summed E-state index contributed by atoms with van der Waals surface area (Å²) in [6, 6.07) is 13.8. The lowest BCUT2D eigenvalue weighted by Crippen LogP contribution is -2.26. The number of carbonyl (C=O) groups excluding carboxylic acids is 1. The summed E-state index contributed by atoms with van der Waals surface area (Å²) < 4.78 is 1.90. The summed E-state index contributed by atoms with van der Waals surface area (Å²) in [5.74, 6) is 0.0271. The Balaban J connectivity index is 1.51. The van der Waals surface area contributed by atoms with Gasteiger partial charge in [0.2, 0.25) is 5.91 Å². The van der Waals surface area contributed by atoms with Crippen LogP contribution in [0.3, 0.4) is 0 Å². The molecular weight excluding hydrogens is 322 g/mol. The van der Waals surface area contributed by atoms with Crippen LogP contribution in [0, 0.1) is 6.92 Å². The van der Waals surface area contributed by atoms with E-state index < -0.39 is 0 Å². The second kappa shape index (κ2) is 7.49. The molecule has 4 nitrogen and oxygen atoms in total. The normalized spacial score (nSPS) is 10.9. The van der Waals surface area contributed by atoms with Crippen molar-refractivity contribution in [3.63, 3.8) is 0 Å². The van der Waals surface area contributed by atoms with Crippen LogP contribution in [0.4, 0.5) is 0 Å². The molecule has 0 bridgehead atoms. The van der Waals surface area contributed by atoms with Crippen molar-refractivity contribution >= 4 is 28.4 Å². The molecule has 0 aliphatic carbocycles. The van der Waals surface area contributed by atoms with Gasteiger partial charge in [0.1, 0.15) is 0 Å². The minimum absolute atomic E-state index is 0.0271. The van der Waals surface area contributed by atoms with Crippen molar-refractivity contribution in [3.8, 4) is 0 Å². The van der Waals surface area contributed by atoms with Gasteiger partial charge in [-0.05, 0) is 30.5 Å². The van der Waals surface area contributed by atoms with Gasteiger partial charge in [-0.15, -0.1) is 0 Å². The van der Waals surface area contributed by atoms with Gasteiger partial charge in [0.25, 0.3) is 0 Å². The first-order valence-electron chi connectivity index (χ1n) is 8.06. The molecule has 0 atom stereocenters. The van der Waals surface area contributed by atoms with Gasteiger partial charge in [0.15, 0.2) is 0 Å². The third-order valence-electron chi connectivity index (χ3n) is 4.09. The van der Waals surface area contributed by atoms with Crippen molar-refractivity contribution in [1.82, 2.24) is 15.1 Å². The predicted octanol–water partition coefficient (Wildman–Crippen LogP) is 3.75. The Morgan fingerprint density at radius 3 is 2.88 bits per heavy atom. The van der Waals surface area contributed by atoms with Gasteiger partial charge < -0.3 is 5.32 Å². The third kappa shape index (κ3) is 3.77. The van der Waals surface area contributed by atoms with Crippen LogP contribution < -0.4 is 5.32 Å². The van der Waals surface area contributed by atoms with E-state index in [2.05, 4.69) is 23.4 Å². The largest absolute Gasteiger partial charge is 0.356 e. The minimum Gasteiger partial charge on any atom is -0.356 e. The molecule has 0 fully saturated rings. The van der Waals surface area contributed by atoms with Crippen LogP contribution in [0.15, 0.2) is 48.7 Å². The summed E-state index contributed by atoms with van der Waals surface area (Å²) in [5.41, 5.74) is 3.32. The van der Waals surface area contributed by atoms with Gasteiger partial charge in [0.05, 0.1) is 18.3 Å². The summed E-state index contributed by atoms with van der Waals surface area (Å²) in [6.45, 7) is 3.22. The summed E-state index contributed by atoms with van der Waals surface area (Å²) in [4.78, 5) is 12.0. The number of fused-ring (bicyclic) bond motifs is 1. The molecule has 24 heavy (non-hydrogen) atoms. The second-order valence-electron chi connectivity index (χ2n) is 5.82. The summed E-state index contributed by atoms with van der Waals surface area (Å²) in [6.07, 6.45) is 2.99. The highest BCUT2D eigenvalue weighted by Gasteiger charge is 2.08. The molecule has 0 radical (unpaired) electrons. The molecule has 1 N–H and O–H groups in total. The number of hydrogen-bond acceptors (Lipinski definition) is 2. The van der Waals surface area contributed by atoms with E-state index in [0.717, 1.165) is 27.9 Å². The Labute approximate surface area is 146 Å². The SMILES string of the molecule is Cc1cccc2cnn(CCC(=O)NCCc3ccccc3Cl)c12. The van der Waals surface area contributed by atoms with E-state index in [9.17, 15) is 4.79 Å². The molecule has 0 aliphatic rings. The lowest BCUT2D eigenvalue weighted by atomic mass is 10.1. The Morgan fingerprint density at radius 2 is 2.04 bits per heavy atom. The molecular formula is C19H20ClN3O. The van der Waals surface area contributed by atoms with Gasteiger partial charge in [-0.25, -0.2) is 0 Å². The van der Waals surface area contributed by atoms with Crippen LogP contribution in [0.2, 0.25) is 5.02 Å². The van der Waals surface area contributed by atoms with Crippen molar-refractivity contribution in [3.05, 3.63) is 64.8 Å². The molecule has 0 aliphatic heterocycles. The van der Waals surface area contributed by atoms with Gasteiger partial charge in [-0.1, -0.05) is 48.0 Å². The van der Waals surface area contributed by atoms with Crippen molar-refractivity contribution in [1.29, 1.82) is 0 Å². The Kier molecular flexibility index (Phi) is 5.16. The highest BCUT2D eigenvalue weighted by Crippen LogP contribution is 2.18. The van der Waals surface area contributed by atoms with Crippen molar-refractivity contribution in [2.75, 3.05) is 6.54 Å². The smallest absolute Gasteiger partial charge is 0.221 e. The van der Waals surface area contributed by atoms with E-state index in [-0.39, 0.29) is 5.91 Å². The molecule has 0 saturated carbocycles. The van der Waals surface area contributed by atoms with Crippen LogP contribution in [0.1, 0.15) is 17.5 Å². The number of nitrogens with zero attached hydrogens (tertiary/aromatic N) is 2.